The third kappa shape index (κ3) is 5.91. The maximum atomic E-state index is 11.9. The van der Waals surface area contributed by atoms with E-state index in [1.807, 2.05) is 6.92 Å². The first kappa shape index (κ1) is 16.4. The molecule has 0 fully saturated rings. The van der Waals surface area contributed by atoms with Gasteiger partial charge in [-0.15, -0.1) is 0 Å². The number of nitrogen functional groups attached to an aromatic ring is 1. The van der Waals surface area contributed by atoms with Crippen molar-refractivity contribution in [2.24, 2.45) is 11.5 Å². The standard InChI is InChI=1S/C13H19N5O3/c1-8-2-3-10(9(14)4-8)17-13(21)7-18(5-11(15)19)6-12(16)20/h2-4H,5-7,14H2,1H3,(H2,15,19)(H2,16,20)(H,17,21). The Morgan fingerprint density at radius 2 is 1.67 bits per heavy atom. The summed E-state index contributed by atoms with van der Waals surface area (Å²) >= 11 is 0. The van der Waals surface area contributed by atoms with Crippen molar-refractivity contribution in [3.63, 3.8) is 0 Å². The number of aryl methyl sites for hydroxylation is 1. The lowest BCUT2D eigenvalue weighted by atomic mass is 10.2. The van der Waals surface area contributed by atoms with E-state index in [-0.39, 0.29) is 19.6 Å². The summed E-state index contributed by atoms with van der Waals surface area (Å²) in [5.41, 5.74) is 17.8. The van der Waals surface area contributed by atoms with Crippen LogP contribution in [0.5, 0.6) is 0 Å². The summed E-state index contributed by atoms with van der Waals surface area (Å²) in [6, 6.07) is 5.20. The van der Waals surface area contributed by atoms with Crippen LogP contribution in [0.3, 0.4) is 0 Å². The molecular formula is C13H19N5O3. The SMILES string of the molecule is Cc1ccc(NC(=O)CN(CC(N)=O)CC(N)=O)c(N)c1. The van der Waals surface area contributed by atoms with Crippen LogP contribution in [0.25, 0.3) is 0 Å². The van der Waals surface area contributed by atoms with Crippen molar-refractivity contribution in [1.82, 2.24) is 4.90 Å². The van der Waals surface area contributed by atoms with Crippen molar-refractivity contribution < 1.29 is 14.4 Å². The fourth-order valence-electron chi connectivity index (χ4n) is 1.80. The highest BCUT2D eigenvalue weighted by molar-refractivity contribution is 5.95. The molecule has 3 amide bonds. The minimum absolute atomic E-state index is 0.195. The largest absolute Gasteiger partial charge is 0.397 e. The highest BCUT2D eigenvalue weighted by Crippen LogP contribution is 2.19. The van der Waals surface area contributed by atoms with Crippen molar-refractivity contribution >= 4 is 29.1 Å². The monoisotopic (exact) mass is 293 g/mol. The van der Waals surface area contributed by atoms with Crippen LogP contribution >= 0.6 is 0 Å². The predicted molar refractivity (Wildman–Crippen MR) is 79.0 cm³/mol. The Bertz CT molecular complexity index is 543. The van der Waals surface area contributed by atoms with Crippen molar-refractivity contribution in [3.05, 3.63) is 23.8 Å². The summed E-state index contributed by atoms with van der Waals surface area (Å²) in [4.78, 5) is 35.0. The van der Waals surface area contributed by atoms with Gasteiger partial charge in [0.2, 0.25) is 17.7 Å². The van der Waals surface area contributed by atoms with Gasteiger partial charge >= 0.3 is 0 Å². The summed E-state index contributed by atoms with van der Waals surface area (Å²) in [5, 5.41) is 2.60. The van der Waals surface area contributed by atoms with Gasteiger partial charge in [0.15, 0.2) is 0 Å². The molecule has 0 saturated carbocycles. The Morgan fingerprint density at radius 3 is 2.14 bits per heavy atom. The van der Waals surface area contributed by atoms with Gasteiger partial charge in [-0.3, -0.25) is 19.3 Å². The molecule has 7 N–H and O–H groups in total. The molecule has 8 nitrogen and oxygen atoms in total. The van der Waals surface area contributed by atoms with Crippen molar-refractivity contribution in [2.45, 2.75) is 6.92 Å². The van der Waals surface area contributed by atoms with E-state index < -0.39 is 17.7 Å². The van der Waals surface area contributed by atoms with Crippen LogP contribution in [0.4, 0.5) is 11.4 Å². The first-order valence-electron chi connectivity index (χ1n) is 6.23. The molecule has 0 aromatic heterocycles. The number of nitrogens with one attached hydrogen (secondary N) is 1. The molecule has 0 spiro atoms. The zero-order valence-electron chi connectivity index (χ0n) is 11.8. The second kappa shape index (κ2) is 7.25. The molecule has 1 aromatic carbocycles. The summed E-state index contributed by atoms with van der Waals surface area (Å²) in [7, 11) is 0. The minimum atomic E-state index is -0.654. The van der Waals surface area contributed by atoms with Crippen LogP contribution in [-0.4, -0.2) is 42.3 Å². The molecule has 1 aromatic rings. The van der Waals surface area contributed by atoms with E-state index in [4.69, 9.17) is 17.2 Å². The van der Waals surface area contributed by atoms with E-state index in [1.54, 1.807) is 18.2 Å². The molecule has 0 unspecified atom stereocenters. The zero-order chi connectivity index (χ0) is 16.0. The van der Waals surface area contributed by atoms with Gasteiger partial charge in [-0.2, -0.15) is 0 Å². The van der Waals surface area contributed by atoms with Crippen LogP contribution in [0.15, 0.2) is 18.2 Å². The van der Waals surface area contributed by atoms with Gasteiger partial charge in [0.05, 0.1) is 31.0 Å². The molecule has 0 aliphatic carbocycles. The molecule has 114 valence electrons. The smallest absolute Gasteiger partial charge is 0.238 e. The Kier molecular flexibility index (Phi) is 5.67. The lowest BCUT2D eigenvalue weighted by Gasteiger charge is -2.18. The number of benzene rings is 1. The average Bonchev–Trinajstić information content (AvgIpc) is 2.30. The van der Waals surface area contributed by atoms with Crippen molar-refractivity contribution in [1.29, 1.82) is 0 Å². The number of carbonyl (C=O) groups excluding carboxylic acids is 3. The Labute approximate surface area is 122 Å². The molecule has 0 bridgehead atoms. The highest BCUT2D eigenvalue weighted by Gasteiger charge is 2.15. The fraction of sp³-hybridized carbons (Fsp3) is 0.308. The third-order valence-electron chi connectivity index (χ3n) is 2.61. The number of amides is 3. The van der Waals surface area contributed by atoms with E-state index >= 15 is 0 Å². The number of primary amides is 2. The zero-order valence-corrected chi connectivity index (χ0v) is 11.8. The third-order valence-corrected chi connectivity index (χ3v) is 2.61. The van der Waals surface area contributed by atoms with Crippen LogP contribution in [0, 0.1) is 6.92 Å². The normalized spacial score (nSPS) is 10.4. The number of hydrogen-bond acceptors (Lipinski definition) is 5. The Morgan fingerprint density at radius 1 is 1.10 bits per heavy atom. The van der Waals surface area contributed by atoms with Gasteiger partial charge < -0.3 is 22.5 Å². The van der Waals surface area contributed by atoms with Crippen LogP contribution in [-0.2, 0) is 14.4 Å². The number of hydrogen-bond donors (Lipinski definition) is 4. The maximum absolute atomic E-state index is 11.9. The number of rotatable bonds is 7. The highest BCUT2D eigenvalue weighted by atomic mass is 16.2. The quantitative estimate of drug-likeness (QED) is 0.466. The topological polar surface area (TPSA) is 145 Å². The first-order chi connectivity index (χ1) is 9.77. The summed E-state index contributed by atoms with van der Waals surface area (Å²) < 4.78 is 0. The van der Waals surface area contributed by atoms with Gasteiger partial charge in [-0.1, -0.05) is 6.07 Å². The molecule has 0 atom stereocenters. The second-order valence-electron chi connectivity index (χ2n) is 4.72. The minimum Gasteiger partial charge on any atom is -0.397 e. The molecule has 0 aliphatic rings. The van der Waals surface area contributed by atoms with E-state index in [0.29, 0.717) is 11.4 Å². The lowest BCUT2D eigenvalue weighted by Crippen LogP contribution is -2.43. The second-order valence-corrected chi connectivity index (χ2v) is 4.72. The van der Waals surface area contributed by atoms with Crippen LogP contribution in [0.2, 0.25) is 0 Å². The van der Waals surface area contributed by atoms with Gasteiger partial charge in [0.25, 0.3) is 0 Å². The number of carbonyl (C=O) groups is 3. The van der Waals surface area contributed by atoms with Crippen molar-refractivity contribution in [2.75, 3.05) is 30.7 Å². The molecule has 0 aliphatic heterocycles. The Balaban J connectivity index is 2.68. The van der Waals surface area contributed by atoms with E-state index in [1.165, 1.54) is 4.90 Å². The maximum Gasteiger partial charge on any atom is 0.238 e. The number of nitrogens with zero attached hydrogens (tertiary/aromatic N) is 1. The van der Waals surface area contributed by atoms with Crippen molar-refractivity contribution in [3.8, 4) is 0 Å². The number of anilines is 2. The summed E-state index contributed by atoms with van der Waals surface area (Å²) in [6.07, 6.45) is 0. The molecule has 8 heteroatoms. The average molecular weight is 293 g/mol. The van der Waals surface area contributed by atoms with E-state index in [0.717, 1.165) is 5.56 Å². The fourth-order valence-corrected chi connectivity index (χ4v) is 1.80. The van der Waals surface area contributed by atoms with Crippen LogP contribution in [0.1, 0.15) is 5.56 Å². The molecule has 0 heterocycles. The molecule has 21 heavy (non-hydrogen) atoms. The number of nitrogens with two attached hydrogens (primary N) is 3. The van der Waals surface area contributed by atoms with Gasteiger partial charge in [0, 0.05) is 0 Å². The molecular weight excluding hydrogens is 274 g/mol. The lowest BCUT2D eigenvalue weighted by molar-refractivity contribution is -0.123. The van der Waals surface area contributed by atoms with Crippen LogP contribution < -0.4 is 22.5 Å². The van der Waals surface area contributed by atoms with E-state index in [9.17, 15) is 14.4 Å². The molecule has 1 rings (SSSR count). The Hall–Kier alpha value is -2.61. The molecule has 0 radical (unpaired) electrons. The summed E-state index contributed by atoms with van der Waals surface area (Å²) in [6.45, 7) is 1.21. The van der Waals surface area contributed by atoms with Gasteiger partial charge in [-0.05, 0) is 24.6 Å². The molecule has 0 saturated heterocycles. The summed E-state index contributed by atoms with van der Waals surface area (Å²) in [5.74, 6) is -1.73. The van der Waals surface area contributed by atoms with E-state index in [2.05, 4.69) is 5.32 Å². The first-order valence-corrected chi connectivity index (χ1v) is 6.23. The predicted octanol–water partition coefficient (Wildman–Crippen LogP) is -1.21. The van der Waals surface area contributed by atoms with Gasteiger partial charge in [0.1, 0.15) is 0 Å². The van der Waals surface area contributed by atoms with Gasteiger partial charge in [-0.25, -0.2) is 0 Å².